The number of hydrogen-bond acceptors (Lipinski definition) is 1. The zero-order valence-electron chi connectivity index (χ0n) is 9.64. The fourth-order valence-corrected chi connectivity index (χ4v) is 2.19. The van der Waals surface area contributed by atoms with Gasteiger partial charge < -0.3 is 5.11 Å². The molecule has 108 valence electrons. The Bertz CT molecular complexity index is 431. The Hall–Kier alpha value is -1.47. The van der Waals surface area contributed by atoms with Crippen molar-refractivity contribution in [2.75, 3.05) is 0 Å². The van der Waals surface area contributed by atoms with Crippen LogP contribution in [0.15, 0.2) is 23.8 Å². The number of allylic oxidation sites excluding steroid dienone is 3. The zero-order chi connectivity index (χ0) is 15.1. The van der Waals surface area contributed by atoms with E-state index in [4.69, 9.17) is 5.11 Å². The van der Waals surface area contributed by atoms with Gasteiger partial charge in [0.25, 0.3) is 0 Å². The van der Waals surface area contributed by atoms with Gasteiger partial charge in [-0.25, -0.2) is 0 Å². The summed E-state index contributed by atoms with van der Waals surface area (Å²) in [5, 5.41) is 8.83. The van der Waals surface area contributed by atoms with Crippen LogP contribution in [0.3, 0.4) is 0 Å². The zero-order valence-corrected chi connectivity index (χ0v) is 9.64. The van der Waals surface area contributed by atoms with E-state index >= 15 is 0 Å². The molecular weight excluding hydrogens is 278 g/mol. The minimum absolute atomic E-state index is 0.373. The van der Waals surface area contributed by atoms with Gasteiger partial charge in [0.1, 0.15) is 11.3 Å². The molecule has 1 aliphatic carbocycles. The molecule has 1 N–H and O–H groups in total. The molecule has 0 radical (unpaired) electrons. The van der Waals surface area contributed by atoms with E-state index in [2.05, 4.69) is 0 Å². The fourth-order valence-electron chi connectivity index (χ4n) is 2.19. The minimum Gasteiger partial charge on any atom is -0.481 e. The van der Waals surface area contributed by atoms with Gasteiger partial charge in [0, 0.05) is 5.57 Å². The maximum atomic E-state index is 13.1. The Morgan fingerprint density at radius 3 is 2.16 bits per heavy atom. The molecule has 2 atom stereocenters. The standard InChI is InChI=1S/C11H10F6O2/c1-2-9(11(15,16)17)5-3-4-6(10(12,13)14)7(9)8(18)19/h3-5,7H,2H2,1H3,(H,18,19). The van der Waals surface area contributed by atoms with Crippen molar-refractivity contribution in [3.05, 3.63) is 23.8 Å². The van der Waals surface area contributed by atoms with Gasteiger partial charge in [-0.2, -0.15) is 26.3 Å². The molecule has 0 aromatic carbocycles. The fraction of sp³-hybridized carbons (Fsp3) is 0.545. The number of carbonyl (C=O) groups is 1. The van der Waals surface area contributed by atoms with Crippen molar-refractivity contribution in [1.82, 2.24) is 0 Å². The normalized spacial score (nSPS) is 28.2. The summed E-state index contributed by atoms with van der Waals surface area (Å²) in [6, 6.07) is 0. The van der Waals surface area contributed by atoms with Crippen LogP contribution in [0.1, 0.15) is 13.3 Å². The highest BCUT2D eigenvalue weighted by Gasteiger charge is 2.63. The largest absolute Gasteiger partial charge is 0.481 e. The molecule has 0 spiro atoms. The molecular formula is C11H10F6O2. The number of halogens is 6. The molecule has 0 amide bonds. The highest BCUT2D eigenvalue weighted by Crippen LogP contribution is 2.54. The van der Waals surface area contributed by atoms with Gasteiger partial charge in [-0.3, -0.25) is 4.79 Å². The highest BCUT2D eigenvalue weighted by atomic mass is 19.4. The third-order valence-corrected chi connectivity index (χ3v) is 3.18. The Labute approximate surface area is 104 Å². The van der Waals surface area contributed by atoms with Crippen LogP contribution < -0.4 is 0 Å². The van der Waals surface area contributed by atoms with Crippen molar-refractivity contribution in [2.24, 2.45) is 11.3 Å². The summed E-state index contributed by atoms with van der Waals surface area (Å²) in [5.41, 5.74) is -4.74. The predicted molar refractivity (Wildman–Crippen MR) is 53.2 cm³/mol. The molecule has 0 saturated heterocycles. The molecule has 0 fully saturated rings. The third kappa shape index (κ3) is 2.48. The van der Waals surface area contributed by atoms with Crippen molar-refractivity contribution >= 4 is 5.97 Å². The van der Waals surface area contributed by atoms with Crippen molar-refractivity contribution < 1.29 is 36.2 Å². The lowest BCUT2D eigenvalue weighted by Gasteiger charge is -2.40. The number of carboxylic acids is 1. The van der Waals surface area contributed by atoms with E-state index in [1.165, 1.54) is 0 Å². The third-order valence-electron chi connectivity index (χ3n) is 3.18. The van der Waals surface area contributed by atoms with Crippen molar-refractivity contribution in [1.29, 1.82) is 0 Å². The summed E-state index contributed by atoms with van der Waals surface area (Å²) in [4.78, 5) is 11.0. The first-order valence-corrected chi connectivity index (χ1v) is 5.23. The molecule has 0 saturated carbocycles. The summed E-state index contributed by atoms with van der Waals surface area (Å²) in [7, 11) is 0. The van der Waals surface area contributed by atoms with E-state index in [0.717, 1.165) is 6.92 Å². The van der Waals surface area contributed by atoms with Gasteiger partial charge in [0.05, 0.1) is 0 Å². The summed E-state index contributed by atoms with van der Waals surface area (Å²) in [6.07, 6.45) is -9.54. The van der Waals surface area contributed by atoms with E-state index in [-0.39, 0.29) is 0 Å². The molecule has 2 unspecified atom stereocenters. The summed E-state index contributed by atoms with van der Waals surface area (Å²) in [5.74, 6) is -4.84. The summed E-state index contributed by atoms with van der Waals surface area (Å²) >= 11 is 0. The molecule has 8 heteroatoms. The van der Waals surface area contributed by atoms with Crippen LogP contribution in [0, 0.1) is 11.3 Å². The van der Waals surface area contributed by atoms with Crippen molar-refractivity contribution in [3.63, 3.8) is 0 Å². The van der Waals surface area contributed by atoms with Gasteiger partial charge in [-0.1, -0.05) is 25.2 Å². The maximum absolute atomic E-state index is 13.1. The second-order valence-corrected chi connectivity index (χ2v) is 4.14. The topological polar surface area (TPSA) is 37.3 Å². The molecule has 2 nitrogen and oxygen atoms in total. The molecule has 1 aliphatic rings. The quantitative estimate of drug-likeness (QED) is 0.787. The number of carboxylic acid groups (broad SMARTS) is 1. The van der Waals surface area contributed by atoms with Crippen molar-refractivity contribution in [2.45, 2.75) is 25.7 Å². The first-order chi connectivity index (χ1) is 8.47. The number of hydrogen-bond donors (Lipinski definition) is 1. The Morgan fingerprint density at radius 2 is 1.84 bits per heavy atom. The van der Waals surface area contributed by atoms with Crippen LogP contribution in [0.25, 0.3) is 0 Å². The lowest BCUT2D eigenvalue weighted by molar-refractivity contribution is -0.230. The van der Waals surface area contributed by atoms with Crippen LogP contribution in [0.5, 0.6) is 0 Å². The lowest BCUT2D eigenvalue weighted by atomic mass is 9.66. The van der Waals surface area contributed by atoms with Crippen LogP contribution in [0.2, 0.25) is 0 Å². The average molecular weight is 288 g/mol. The molecule has 1 rings (SSSR count). The SMILES string of the molecule is CCC1(C(F)(F)F)C=CC=C(C(F)(F)F)C1C(=O)O. The average Bonchev–Trinajstić information content (AvgIpc) is 2.24. The molecule has 0 aliphatic heterocycles. The predicted octanol–water partition coefficient (Wildman–Crippen LogP) is 3.70. The molecule has 0 aromatic heterocycles. The highest BCUT2D eigenvalue weighted by molar-refractivity contribution is 5.76. The molecule has 0 aromatic rings. The number of aliphatic carboxylic acids is 1. The lowest BCUT2D eigenvalue weighted by Crippen LogP contribution is -2.49. The monoisotopic (exact) mass is 288 g/mol. The van der Waals surface area contributed by atoms with Crippen LogP contribution in [-0.4, -0.2) is 23.4 Å². The second-order valence-electron chi connectivity index (χ2n) is 4.14. The van der Waals surface area contributed by atoms with Gasteiger partial charge in [0.15, 0.2) is 0 Å². The smallest absolute Gasteiger partial charge is 0.413 e. The van der Waals surface area contributed by atoms with Crippen molar-refractivity contribution in [3.8, 4) is 0 Å². The first kappa shape index (κ1) is 15.6. The summed E-state index contributed by atoms with van der Waals surface area (Å²) < 4.78 is 77.2. The van der Waals surface area contributed by atoms with Crippen LogP contribution in [-0.2, 0) is 4.79 Å². The summed E-state index contributed by atoms with van der Waals surface area (Å²) in [6.45, 7) is 1.01. The Balaban J connectivity index is 3.49. The van der Waals surface area contributed by atoms with Gasteiger partial charge in [0.2, 0.25) is 0 Å². The minimum atomic E-state index is -5.13. The molecule has 0 bridgehead atoms. The van der Waals surface area contributed by atoms with E-state index in [1.54, 1.807) is 0 Å². The molecule has 19 heavy (non-hydrogen) atoms. The Kier molecular flexibility index (Phi) is 3.75. The van der Waals surface area contributed by atoms with E-state index in [9.17, 15) is 31.1 Å². The van der Waals surface area contributed by atoms with E-state index in [0.29, 0.717) is 18.2 Å². The van der Waals surface area contributed by atoms with Crippen LogP contribution >= 0.6 is 0 Å². The van der Waals surface area contributed by atoms with Crippen LogP contribution in [0.4, 0.5) is 26.3 Å². The van der Waals surface area contributed by atoms with E-state index < -0.39 is 41.6 Å². The Morgan fingerprint density at radius 1 is 1.32 bits per heavy atom. The number of rotatable bonds is 2. The van der Waals surface area contributed by atoms with Gasteiger partial charge in [-0.05, 0) is 6.42 Å². The first-order valence-electron chi connectivity index (χ1n) is 5.23. The van der Waals surface area contributed by atoms with Gasteiger partial charge >= 0.3 is 18.3 Å². The maximum Gasteiger partial charge on any atom is 0.413 e. The second kappa shape index (κ2) is 4.57. The number of alkyl halides is 6. The van der Waals surface area contributed by atoms with Gasteiger partial charge in [-0.15, -0.1) is 0 Å². The molecule has 0 heterocycles. The van der Waals surface area contributed by atoms with E-state index in [1.807, 2.05) is 0 Å².